The van der Waals surface area contributed by atoms with Crippen LogP contribution in [-0.4, -0.2) is 7.05 Å². The number of hydrogen-bond donors (Lipinski definition) is 1. The van der Waals surface area contributed by atoms with Gasteiger partial charge in [-0.3, -0.25) is 0 Å². The summed E-state index contributed by atoms with van der Waals surface area (Å²) in [4.78, 5) is 0. The molecule has 1 nitrogen and oxygen atoms in total. The monoisotopic (exact) mass is 195 g/mol. The molecular formula is C7H8Cl2FN. The molecule has 0 aliphatic heterocycles. The second-order valence-corrected chi connectivity index (χ2v) is 2.28. The summed E-state index contributed by atoms with van der Waals surface area (Å²) in [6, 6.07) is 4.22. The molecule has 0 radical (unpaired) electrons. The van der Waals surface area contributed by atoms with Crippen LogP contribution in [0.25, 0.3) is 0 Å². The van der Waals surface area contributed by atoms with Crippen LogP contribution in [0.4, 0.5) is 10.1 Å². The largest absolute Gasteiger partial charge is 0.387 e. The van der Waals surface area contributed by atoms with Crippen molar-refractivity contribution < 1.29 is 4.39 Å². The fraction of sp³-hybridized carbons (Fsp3) is 0.143. The highest BCUT2D eigenvalue weighted by Gasteiger charge is 1.97. The maximum atomic E-state index is 12.4. The molecule has 0 aromatic heterocycles. The van der Waals surface area contributed by atoms with Gasteiger partial charge in [-0.25, -0.2) is 4.39 Å². The maximum Gasteiger partial charge on any atom is 0.124 e. The summed E-state index contributed by atoms with van der Waals surface area (Å²) in [5.74, 6) is -0.316. The van der Waals surface area contributed by atoms with Crippen molar-refractivity contribution in [1.29, 1.82) is 0 Å². The van der Waals surface area contributed by atoms with Gasteiger partial charge in [-0.1, -0.05) is 11.6 Å². The Hall–Kier alpha value is -0.470. The second kappa shape index (κ2) is 4.42. The maximum absolute atomic E-state index is 12.4. The van der Waals surface area contributed by atoms with Crippen LogP contribution >= 0.6 is 24.0 Å². The minimum absolute atomic E-state index is 0. The van der Waals surface area contributed by atoms with Crippen molar-refractivity contribution in [1.82, 2.24) is 0 Å². The van der Waals surface area contributed by atoms with Gasteiger partial charge in [-0.05, 0) is 18.2 Å². The first kappa shape index (κ1) is 10.5. The van der Waals surface area contributed by atoms with Gasteiger partial charge in [0.25, 0.3) is 0 Å². The molecule has 4 heteroatoms. The Balaban J connectivity index is 0.000001000. The number of hydrogen-bond acceptors (Lipinski definition) is 1. The zero-order valence-electron chi connectivity index (χ0n) is 5.90. The van der Waals surface area contributed by atoms with Crippen molar-refractivity contribution in [3.05, 3.63) is 29.0 Å². The number of benzene rings is 1. The molecule has 0 spiro atoms. The quantitative estimate of drug-likeness (QED) is 0.727. The van der Waals surface area contributed by atoms with Crippen molar-refractivity contribution in [2.45, 2.75) is 0 Å². The summed E-state index contributed by atoms with van der Waals surface area (Å²) in [5, 5.41) is 3.23. The van der Waals surface area contributed by atoms with Crippen LogP contribution in [0.1, 0.15) is 0 Å². The molecule has 1 rings (SSSR count). The van der Waals surface area contributed by atoms with E-state index in [1.54, 1.807) is 13.1 Å². The van der Waals surface area contributed by atoms with Gasteiger partial charge in [0.05, 0.1) is 10.7 Å². The van der Waals surface area contributed by atoms with Gasteiger partial charge in [-0.15, -0.1) is 12.4 Å². The third-order valence-electron chi connectivity index (χ3n) is 1.20. The van der Waals surface area contributed by atoms with Crippen molar-refractivity contribution in [3.8, 4) is 0 Å². The van der Waals surface area contributed by atoms with Crippen LogP contribution in [0, 0.1) is 5.82 Å². The van der Waals surface area contributed by atoms with Gasteiger partial charge in [0.1, 0.15) is 5.82 Å². The van der Waals surface area contributed by atoms with Crippen LogP contribution in [0.3, 0.4) is 0 Å². The summed E-state index contributed by atoms with van der Waals surface area (Å²) < 4.78 is 12.4. The Morgan fingerprint density at radius 2 is 2.09 bits per heavy atom. The molecule has 0 bridgehead atoms. The van der Waals surface area contributed by atoms with E-state index in [4.69, 9.17) is 11.6 Å². The van der Waals surface area contributed by atoms with Gasteiger partial charge in [0.15, 0.2) is 0 Å². The van der Waals surface area contributed by atoms with E-state index in [1.165, 1.54) is 12.1 Å². The smallest absolute Gasteiger partial charge is 0.124 e. The Bertz CT molecular complexity index is 240. The minimum atomic E-state index is -0.316. The van der Waals surface area contributed by atoms with Gasteiger partial charge in [0, 0.05) is 7.05 Å². The molecule has 11 heavy (non-hydrogen) atoms. The number of anilines is 1. The molecule has 1 aromatic rings. The van der Waals surface area contributed by atoms with Gasteiger partial charge in [0.2, 0.25) is 0 Å². The lowest BCUT2D eigenvalue weighted by atomic mass is 10.3. The van der Waals surface area contributed by atoms with E-state index in [0.717, 1.165) is 5.69 Å². The molecule has 0 fully saturated rings. The molecular weight excluding hydrogens is 188 g/mol. The first-order valence-electron chi connectivity index (χ1n) is 2.87. The van der Waals surface area contributed by atoms with E-state index < -0.39 is 0 Å². The number of rotatable bonds is 1. The summed E-state index contributed by atoms with van der Waals surface area (Å²) in [6.45, 7) is 0. The summed E-state index contributed by atoms with van der Waals surface area (Å²) in [7, 11) is 1.74. The van der Waals surface area contributed by atoms with E-state index >= 15 is 0 Å². The molecule has 1 N–H and O–H groups in total. The van der Waals surface area contributed by atoms with E-state index in [1.807, 2.05) is 0 Å². The number of halogens is 3. The van der Waals surface area contributed by atoms with E-state index in [0.29, 0.717) is 5.02 Å². The lowest BCUT2D eigenvalue weighted by Gasteiger charge is -2.00. The minimum Gasteiger partial charge on any atom is -0.387 e. The first-order chi connectivity index (χ1) is 4.74. The molecule has 0 heterocycles. The van der Waals surface area contributed by atoms with E-state index in [9.17, 15) is 4.39 Å². The summed E-state index contributed by atoms with van der Waals surface area (Å²) >= 11 is 5.63. The van der Waals surface area contributed by atoms with Gasteiger partial charge in [-0.2, -0.15) is 0 Å². The molecule has 0 unspecified atom stereocenters. The van der Waals surface area contributed by atoms with Gasteiger partial charge >= 0.3 is 0 Å². The van der Waals surface area contributed by atoms with Crippen molar-refractivity contribution in [3.63, 3.8) is 0 Å². The predicted molar refractivity (Wildman–Crippen MR) is 48.2 cm³/mol. The summed E-state index contributed by atoms with van der Waals surface area (Å²) in [6.07, 6.45) is 0. The Kier molecular flexibility index (Phi) is 4.23. The van der Waals surface area contributed by atoms with Crippen molar-refractivity contribution >= 4 is 29.7 Å². The molecule has 0 amide bonds. The zero-order chi connectivity index (χ0) is 7.56. The van der Waals surface area contributed by atoms with Gasteiger partial charge < -0.3 is 5.32 Å². The molecule has 0 aliphatic carbocycles. The fourth-order valence-electron chi connectivity index (χ4n) is 0.692. The molecule has 0 saturated carbocycles. The highest BCUT2D eigenvalue weighted by Crippen LogP contribution is 2.21. The predicted octanol–water partition coefficient (Wildman–Crippen LogP) is 2.94. The van der Waals surface area contributed by atoms with Crippen molar-refractivity contribution in [2.24, 2.45) is 0 Å². The lowest BCUT2D eigenvalue weighted by Crippen LogP contribution is -1.88. The van der Waals surface area contributed by atoms with Crippen molar-refractivity contribution in [2.75, 3.05) is 12.4 Å². The van der Waals surface area contributed by atoms with Crippen LogP contribution in [0.15, 0.2) is 18.2 Å². The first-order valence-corrected chi connectivity index (χ1v) is 3.24. The second-order valence-electron chi connectivity index (χ2n) is 1.87. The highest BCUT2D eigenvalue weighted by molar-refractivity contribution is 6.33. The Labute approximate surface area is 76.0 Å². The summed E-state index contributed by atoms with van der Waals surface area (Å²) in [5.41, 5.74) is 0.739. The fourth-order valence-corrected chi connectivity index (χ4v) is 0.954. The molecule has 0 aliphatic rings. The third-order valence-corrected chi connectivity index (χ3v) is 1.51. The van der Waals surface area contributed by atoms with Crippen LogP contribution in [-0.2, 0) is 0 Å². The lowest BCUT2D eigenvalue weighted by molar-refractivity contribution is 0.628. The van der Waals surface area contributed by atoms with Crippen LogP contribution in [0.2, 0.25) is 5.02 Å². The van der Waals surface area contributed by atoms with Crippen LogP contribution in [0.5, 0.6) is 0 Å². The standard InChI is InChI=1S/C7H7ClFN.ClH/c1-10-7-3-2-5(9)4-6(7)8;/h2-4,10H,1H3;1H. The van der Waals surface area contributed by atoms with E-state index in [2.05, 4.69) is 5.32 Å². The molecule has 1 aromatic carbocycles. The Morgan fingerprint density at radius 1 is 1.45 bits per heavy atom. The third kappa shape index (κ3) is 2.56. The average molecular weight is 196 g/mol. The SMILES string of the molecule is CNc1ccc(F)cc1Cl.Cl. The topological polar surface area (TPSA) is 12.0 Å². The van der Waals surface area contributed by atoms with Crippen LogP contribution < -0.4 is 5.32 Å². The Morgan fingerprint density at radius 3 is 2.55 bits per heavy atom. The molecule has 62 valence electrons. The zero-order valence-corrected chi connectivity index (χ0v) is 7.47. The molecule has 0 atom stereocenters. The normalized spacial score (nSPS) is 8.64. The average Bonchev–Trinajstić information content (AvgIpc) is 1.88. The highest BCUT2D eigenvalue weighted by atomic mass is 35.5. The van der Waals surface area contributed by atoms with E-state index in [-0.39, 0.29) is 18.2 Å². The molecule has 0 saturated heterocycles. The number of nitrogens with one attached hydrogen (secondary N) is 1.